The van der Waals surface area contributed by atoms with E-state index in [4.69, 9.17) is 16.3 Å². The lowest BCUT2D eigenvalue weighted by atomic mass is 10.1. The van der Waals surface area contributed by atoms with Crippen LogP contribution in [-0.2, 0) is 11.2 Å². The average molecular weight is 371 g/mol. The van der Waals surface area contributed by atoms with E-state index in [1.165, 1.54) is 0 Å². The lowest BCUT2D eigenvalue weighted by molar-refractivity contribution is -0.115. The smallest absolute Gasteiger partial charge is 0.228 e. The molecule has 0 spiro atoms. The number of benzene rings is 1. The van der Waals surface area contributed by atoms with Crippen molar-refractivity contribution in [2.45, 2.75) is 20.3 Å². The molecule has 0 atom stereocenters. The Balaban J connectivity index is 1.70. The van der Waals surface area contributed by atoms with E-state index in [1.54, 1.807) is 42.3 Å². The zero-order valence-corrected chi connectivity index (χ0v) is 15.5. The van der Waals surface area contributed by atoms with Crippen molar-refractivity contribution in [2.75, 3.05) is 12.4 Å². The number of anilines is 1. The molecule has 7 heteroatoms. The summed E-state index contributed by atoms with van der Waals surface area (Å²) in [6.07, 6.45) is 1.77. The van der Waals surface area contributed by atoms with E-state index in [2.05, 4.69) is 15.4 Å². The summed E-state index contributed by atoms with van der Waals surface area (Å²) in [5.41, 5.74) is 3.27. The van der Waals surface area contributed by atoms with Crippen LogP contribution < -0.4 is 10.1 Å². The van der Waals surface area contributed by atoms with Gasteiger partial charge in [0.2, 0.25) is 5.91 Å². The van der Waals surface area contributed by atoms with Gasteiger partial charge in [0.1, 0.15) is 5.75 Å². The van der Waals surface area contributed by atoms with Crippen LogP contribution in [0.2, 0.25) is 5.02 Å². The number of carbonyl (C=O) groups excluding carboxylic acids is 1. The van der Waals surface area contributed by atoms with Crippen LogP contribution in [0.3, 0.4) is 0 Å². The molecule has 0 fully saturated rings. The highest BCUT2D eigenvalue weighted by atomic mass is 35.5. The predicted molar refractivity (Wildman–Crippen MR) is 101 cm³/mol. The molecular weight excluding hydrogens is 352 g/mol. The number of methoxy groups -OCH3 is 1. The second kappa shape index (κ2) is 7.58. The Morgan fingerprint density at radius 3 is 2.65 bits per heavy atom. The Hall–Kier alpha value is -2.86. The van der Waals surface area contributed by atoms with Crippen molar-refractivity contribution in [1.29, 1.82) is 0 Å². The first-order valence-corrected chi connectivity index (χ1v) is 8.46. The number of nitrogens with zero attached hydrogens (tertiary/aromatic N) is 3. The quantitative estimate of drug-likeness (QED) is 0.743. The molecule has 0 saturated carbocycles. The average Bonchev–Trinajstić information content (AvgIpc) is 2.94. The molecule has 0 radical (unpaired) electrons. The van der Waals surface area contributed by atoms with Crippen LogP contribution in [-0.4, -0.2) is 27.8 Å². The van der Waals surface area contributed by atoms with Crippen molar-refractivity contribution in [3.8, 4) is 11.6 Å². The molecule has 3 aromatic rings. The first-order valence-electron chi connectivity index (χ1n) is 8.08. The second-order valence-corrected chi connectivity index (χ2v) is 6.36. The first kappa shape index (κ1) is 17.9. The largest absolute Gasteiger partial charge is 0.496 e. The van der Waals surface area contributed by atoms with Crippen molar-refractivity contribution in [3.63, 3.8) is 0 Å². The van der Waals surface area contributed by atoms with Gasteiger partial charge in [0.25, 0.3) is 0 Å². The number of pyridine rings is 1. The minimum Gasteiger partial charge on any atom is -0.496 e. The standard InChI is InChI=1S/C19H19ClN4O2/c1-12-8-13(2)24(23-12)18-7-5-16(11-21-18)22-19(25)10-14-9-15(20)4-6-17(14)26-3/h4-9,11H,10H2,1-3H3,(H,22,25). The molecule has 1 amide bonds. The number of aryl methyl sites for hydroxylation is 2. The minimum absolute atomic E-state index is 0.156. The normalized spacial score (nSPS) is 10.6. The fraction of sp³-hybridized carbons (Fsp3) is 0.211. The van der Waals surface area contributed by atoms with Gasteiger partial charge < -0.3 is 10.1 Å². The maximum atomic E-state index is 12.3. The SMILES string of the molecule is COc1ccc(Cl)cc1CC(=O)Nc1ccc(-n2nc(C)cc2C)nc1. The third-order valence-corrected chi connectivity index (χ3v) is 4.09. The summed E-state index contributed by atoms with van der Waals surface area (Å²) in [5, 5.41) is 7.78. The Labute approximate surface area is 156 Å². The minimum atomic E-state index is -0.175. The topological polar surface area (TPSA) is 69.0 Å². The number of amides is 1. The van der Waals surface area contributed by atoms with Crippen molar-refractivity contribution in [3.05, 3.63) is 64.6 Å². The van der Waals surface area contributed by atoms with Crippen LogP contribution in [0.1, 0.15) is 17.0 Å². The molecule has 6 nitrogen and oxygen atoms in total. The summed E-state index contributed by atoms with van der Waals surface area (Å²) in [6.45, 7) is 3.90. The molecule has 1 aromatic carbocycles. The van der Waals surface area contributed by atoms with Gasteiger partial charge in [-0.2, -0.15) is 5.10 Å². The molecule has 0 aliphatic rings. The number of halogens is 1. The number of rotatable bonds is 5. The maximum Gasteiger partial charge on any atom is 0.228 e. The molecule has 26 heavy (non-hydrogen) atoms. The van der Waals surface area contributed by atoms with Gasteiger partial charge in [0.05, 0.1) is 31.1 Å². The molecule has 2 aromatic heterocycles. The monoisotopic (exact) mass is 370 g/mol. The van der Waals surface area contributed by atoms with Gasteiger partial charge in [-0.3, -0.25) is 4.79 Å². The number of hydrogen-bond donors (Lipinski definition) is 1. The van der Waals surface area contributed by atoms with E-state index >= 15 is 0 Å². The van der Waals surface area contributed by atoms with Gasteiger partial charge in [-0.25, -0.2) is 9.67 Å². The number of carbonyl (C=O) groups is 1. The van der Waals surface area contributed by atoms with Gasteiger partial charge in [-0.05, 0) is 50.2 Å². The van der Waals surface area contributed by atoms with E-state index in [1.807, 2.05) is 26.0 Å². The third kappa shape index (κ3) is 4.03. The van der Waals surface area contributed by atoms with E-state index in [0.29, 0.717) is 22.3 Å². The zero-order chi connectivity index (χ0) is 18.7. The molecular formula is C19H19ClN4O2. The van der Waals surface area contributed by atoms with E-state index in [0.717, 1.165) is 17.0 Å². The molecule has 1 N–H and O–H groups in total. The summed E-state index contributed by atoms with van der Waals surface area (Å²) in [4.78, 5) is 16.7. The van der Waals surface area contributed by atoms with E-state index in [9.17, 15) is 4.79 Å². The van der Waals surface area contributed by atoms with Gasteiger partial charge in [0.15, 0.2) is 5.82 Å². The number of nitrogens with one attached hydrogen (secondary N) is 1. The molecule has 0 unspecified atom stereocenters. The van der Waals surface area contributed by atoms with Crippen LogP contribution in [0.25, 0.3) is 5.82 Å². The van der Waals surface area contributed by atoms with Crippen molar-refractivity contribution in [1.82, 2.24) is 14.8 Å². The van der Waals surface area contributed by atoms with Crippen molar-refractivity contribution < 1.29 is 9.53 Å². The molecule has 0 aliphatic carbocycles. The fourth-order valence-electron chi connectivity index (χ4n) is 2.71. The Morgan fingerprint density at radius 1 is 1.23 bits per heavy atom. The molecule has 0 bridgehead atoms. The van der Waals surface area contributed by atoms with E-state index in [-0.39, 0.29) is 12.3 Å². The lowest BCUT2D eigenvalue weighted by Crippen LogP contribution is -2.15. The lowest BCUT2D eigenvalue weighted by Gasteiger charge is -2.10. The van der Waals surface area contributed by atoms with Crippen LogP contribution in [0, 0.1) is 13.8 Å². The highest BCUT2D eigenvalue weighted by Crippen LogP contribution is 2.23. The predicted octanol–water partition coefficient (Wildman–Crippen LogP) is 3.73. The molecule has 134 valence electrons. The summed E-state index contributed by atoms with van der Waals surface area (Å²) < 4.78 is 7.03. The van der Waals surface area contributed by atoms with Crippen LogP contribution in [0.4, 0.5) is 5.69 Å². The van der Waals surface area contributed by atoms with Crippen molar-refractivity contribution >= 4 is 23.2 Å². The number of ether oxygens (including phenoxy) is 1. The molecule has 3 rings (SSSR count). The maximum absolute atomic E-state index is 12.3. The van der Waals surface area contributed by atoms with Crippen LogP contribution in [0.5, 0.6) is 5.75 Å². The van der Waals surface area contributed by atoms with Gasteiger partial charge in [-0.1, -0.05) is 11.6 Å². The molecule has 0 saturated heterocycles. The van der Waals surface area contributed by atoms with Gasteiger partial charge in [-0.15, -0.1) is 0 Å². The highest BCUT2D eigenvalue weighted by Gasteiger charge is 2.11. The van der Waals surface area contributed by atoms with Crippen LogP contribution >= 0.6 is 11.6 Å². The Morgan fingerprint density at radius 2 is 2.04 bits per heavy atom. The third-order valence-electron chi connectivity index (χ3n) is 3.85. The summed E-state index contributed by atoms with van der Waals surface area (Å²) >= 11 is 6.00. The Kier molecular flexibility index (Phi) is 5.23. The van der Waals surface area contributed by atoms with Crippen LogP contribution in [0.15, 0.2) is 42.6 Å². The molecule has 0 aliphatic heterocycles. The zero-order valence-electron chi connectivity index (χ0n) is 14.8. The first-order chi connectivity index (χ1) is 12.5. The summed E-state index contributed by atoms with van der Waals surface area (Å²) in [5.74, 6) is 1.15. The number of aromatic nitrogens is 3. The van der Waals surface area contributed by atoms with Gasteiger partial charge in [0, 0.05) is 16.3 Å². The van der Waals surface area contributed by atoms with E-state index < -0.39 is 0 Å². The molecule has 2 heterocycles. The van der Waals surface area contributed by atoms with Gasteiger partial charge >= 0.3 is 0 Å². The highest BCUT2D eigenvalue weighted by molar-refractivity contribution is 6.30. The second-order valence-electron chi connectivity index (χ2n) is 5.93. The Bertz CT molecular complexity index is 935. The van der Waals surface area contributed by atoms with Crippen molar-refractivity contribution in [2.24, 2.45) is 0 Å². The fourth-order valence-corrected chi connectivity index (χ4v) is 2.90. The summed E-state index contributed by atoms with van der Waals surface area (Å²) in [7, 11) is 1.56. The number of hydrogen-bond acceptors (Lipinski definition) is 4. The summed E-state index contributed by atoms with van der Waals surface area (Å²) in [6, 6.07) is 10.8.